The number of furan rings is 1. The molecular formula is C15H15F3N2O3. The largest absolute Gasteiger partial charge is 0.459 e. The molecule has 5 nitrogen and oxygen atoms in total. The van der Waals surface area contributed by atoms with Crippen LogP contribution in [0.15, 0.2) is 34.7 Å². The third-order valence-corrected chi connectivity index (χ3v) is 3.95. The van der Waals surface area contributed by atoms with E-state index in [4.69, 9.17) is 4.42 Å². The second kappa shape index (κ2) is 5.45. The summed E-state index contributed by atoms with van der Waals surface area (Å²) in [7, 11) is 0. The van der Waals surface area contributed by atoms with Crippen LogP contribution in [0, 0.1) is 0 Å². The molecule has 1 fully saturated rings. The van der Waals surface area contributed by atoms with Crippen molar-refractivity contribution in [3.63, 3.8) is 0 Å². The van der Waals surface area contributed by atoms with Gasteiger partial charge in [-0.1, -0.05) is 18.2 Å². The van der Waals surface area contributed by atoms with Gasteiger partial charge in [-0.3, -0.25) is 0 Å². The molecule has 0 saturated carbocycles. The van der Waals surface area contributed by atoms with Gasteiger partial charge in [-0.05, 0) is 12.1 Å². The Bertz CT molecular complexity index is 695. The second-order valence-corrected chi connectivity index (χ2v) is 5.61. The van der Waals surface area contributed by atoms with Crippen molar-refractivity contribution in [3.05, 3.63) is 36.1 Å². The molecule has 3 rings (SSSR count). The van der Waals surface area contributed by atoms with Crippen molar-refractivity contribution in [2.75, 3.05) is 13.1 Å². The fourth-order valence-corrected chi connectivity index (χ4v) is 2.60. The molecule has 1 aliphatic heterocycles. The number of halogens is 3. The van der Waals surface area contributed by atoms with E-state index in [9.17, 15) is 23.1 Å². The zero-order valence-electron chi connectivity index (χ0n) is 12.1. The Hall–Kier alpha value is -2.22. The predicted octanol–water partition coefficient (Wildman–Crippen LogP) is 2.64. The zero-order valence-corrected chi connectivity index (χ0v) is 12.1. The van der Waals surface area contributed by atoms with E-state index in [-0.39, 0.29) is 13.1 Å². The Kier molecular flexibility index (Phi) is 3.71. The summed E-state index contributed by atoms with van der Waals surface area (Å²) in [6.07, 6.45) is -5.27. The summed E-state index contributed by atoms with van der Waals surface area (Å²) in [5.74, 6) is 0.504. The number of β-amino-alcohol motifs (C(OH)–C–C–N with tert-alkyl or cyclic N) is 1. The minimum absolute atomic E-state index is 0.0639. The number of hydrogen-bond acceptors (Lipinski definition) is 3. The van der Waals surface area contributed by atoms with Crippen LogP contribution in [0.4, 0.5) is 18.0 Å². The molecule has 0 aliphatic carbocycles. The second-order valence-electron chi connectivity index (χ2n) is 5.61. The molecule has 0 bridgehead atoms. The topological polar surface area (TPSA) is 65.7 Å². The highest BCUT2D eigenvalue weighted by atomic mass is 19.4. The molecule has 0 spiro atoms. The molecule has 1 aromatic heterocycles. The maximum atomic E-state index is 12.7. The molecule has 2 amide bonds. The first-order valence-electron chi connectivity index (χ1n) is 7.08. The third kappa shape index (κ3) is 2.98. The van der Waals surface area contributed by atoms with Gasteiger partial charge in [0.1, 0.15) is 11.3 Å². The Morgan fingerprint density at radius 2 is 2.13 bits per heavy atom. The summed E-state index contributed by atoms with van der Waals surface area (Å²) < 4.78 is 43.7. The molecule has 1 atom stereocenters. The van der Waals surface area contributed by atoms with Crippen LogP contribution in [0.5, 0.6) is 0 Å². The van der Waals surface area contributed by atoms with Crippen molar-refractivity contribution in [2.45, 2.75) is 24.7 Å². The van der Waals surface area contributed by atoms with Gasteiger partial charge in [0.15, 0.2) is 5.60 Å². The molecule has 2 N–H and O–H groups in total. The van der Waals surface area contributed by atoms with Gasteiger partial charge in [-0.25, -0.2) is 4.79 Å². The number of benzene rings is 1. The van der Waals surface area contributed by atoms with Crippen LogP contribution < -0.4 is 5.32 Å². The molecule has 23 heavy (non-hydrogen) atoms. The van der Waals surface area contributed by atoms with Crippen LogP contribution in [0.3, 0.4) is 0 Å². The normalized spacial score (nSPS) is 21.8. The maximum absolute atomic E-state index is 12.7. The molecule has 2 aromatic rings. The fourth-order valence-electron chi connectivity index (χ4n) is 2.60. The van der Waals surface area contributed by atoms with E-state index in [0.29, 0.717) is 11.3 Å². The van der Waals surface area contributed by atoms with Crippen LogP contribution in [-0.4, -0.2) is 40.9 Å². The number of fused-ring (bicyclic) bond motifs is 1. The van der Waals surface area contributed by atoms with Crippen molar-refractivity contribution in [3.8, 4) is 0 Å². The molecule has 8 heteroatoms. The van der Waals surface area contributed by atoms with Crippen molar-refractivity contribution in [2.24, 2.45) is 0 Å². The Morgan fingerprint density at radius 3 is 2.78 bits per heavy atom. The molecule has 0 radical (unpaired) electrons. The average Bonchev–Trinajstić information content (AvgIpc) is 3.08. The highest BCUT2D eigenvalue weighted by Gasteiger charge is 2.57. The number of likely N-dealkylation sites (tertiary alicyclic amines) is 1. The number of hydrogen-bond donors (Lipinski definition) is 2. The van der Waals surface area contributed by atoms with Gasteiger partial charge in [0.2, 0.25) is 0 Å². The van der Waals surface area contributed by atoms with Gasteiger partial charge in [0.25, 0.3) is 0 Å². The van der Waals surface area contributed by atoms with E-state index in [1.807, 2.05) is 18.2 Å². The van der Waals surface area contributed by atoms with Gasteiger partial charge in [-0.2, -0.15) is 13.2 Å². The summed E-state index contributed by atoms with van der Waals surface area (Å²) in [5, 5.41) is 12.9. The lowest BCUT2D eigenvalue weighted by atomic mass is 10.0. The lowest BCUT2D eigenvalue weighted by molar-refractivity contribution is -0.253. The highest BCUT2D eigenvalue weighted by molar-refractivity contribution is 5.78. The standard InChI is InChI=1S/C15H15F3N2O3/c16-15(17,18)14(22)5-6-20(9-14)13(21)19-8-11-7-10-3-1-2-4-12(10)23-11/h1-4,7,22H,5-6,8-9H2,(H,19,21)/t14-/m1/s1. The molecular weight excluding hydrogens is 313 g/mol. The quantitative estimate of drug-likeness (QED) is 0.891. The number of para-hydroxylation sites is 1. The number of nitrogens with one attached hydrogen (secondary N) is 1. The van der Waals surface area contributed by atoms with Gasteiger partial charge in [0, 0.05) is 18.4 Å². The molecule has 124 valence electrons. The van der Waals surface area contributed by atoms with E-state index >= 15 is 0 Å². The number of nitrogens with zero attached hydrogens (tertiary/aromatic N) is 1. The minimum atomic E-state index is -4.75. The zero-order chi connectivity index (χ0) is 16.7. The number of aliphatic hydroxyl groups is 1. The summed E-state index contributed by atoms with van der Waals surface area (Å²) in [6.45, 7) is -0.848. The third-order valence-electron chi connectivity index (χ3n) is 3.95. The number of amides is 2. The molecule has 1 aliphatic rings. The van der Waals surface area contributed by atoms with Gasteiger partial charge in [-0.15, -0.1) is 0 Å². The number of carbonyl (C=O) groups is 1. The Morgan fingerprint density at radius 1 is 1.39 bits per heavy atom. The highest BCUT2D eigenvalue weighted by Crippen LogP contribution is 2.37. The van der Waals surface area contributed by atoms with Gasteiger partial charge < -0.3 is 19.7 Å². The molecule has 0 unspecified atom stereocenters. The monoisotopic (exact) mass is 328 g/mol. The SMILES string of the molecule is O=C(NCc1cc2ccccc2o1)N1CC[C@](O)(C(F)(F)F)C1. The fraction of sp³-hybridized carbons (Fsp3) is 0.400. The van der Waals surface area contributed by atoms with E-state index in [1.54, 1.807) is 12.1 Å². The number of carbonyl (C=O) groups excluding carboxylic acids is 1. The van der Waals surface area contributed by atoms with Crippen molar-refractivity contribution in [1.29, 1.82) is 0 Å². The lowest BCUT2D eigenvalue weighted by Crippen LogP contribution is -2.49. The first-order chi connectivity index (χ1) is 10.8. The van der Waals surface area contributed by atoms with Crippen LogP contribution in [0.1, 0.15) is 12.2 Å². The Balaban J connectivity index is 1.60. The van der Waals surface area contributed by atoms with E-state index in [1.165, 1.54) is 0 Å². The van der Waals surface area contributed by atoms with Crippen molar-refractivity contribution >= 4 is 17.0 Å². The molecule has 1 aromatic carbocycles. The summed E-state index contributed by atoms with van der Waals surface area (Å²) in [4.78, 5) is 12.9. The van der Waals surface area contributed by atoms with Gasteiger partial charge >= 0.3 is 12.2 Å². The van der Waals surface area contributed by atoms with Crippen LogP contribution >= 0.6 is 0 Å². The van der Waals surface area contributed by atoms with E-state index in [0.717, 1.165) is 10.3 Å². The smallest absolute Gasteiger partial charge is 0.419 e. The summed E-state index contributed by atoms with van der Waals surface area (Å²) >= 11 is 0. The van der Waals surface area contributed by atoms with Crippen LogP contribution in [-0.2, 0) is 6.54 Å². The number of rotatable bonds is 2. The first-order valence-corrected chi connectivity index (χ1v) is 7.08. The van der Waals surface area contributed by atoms with Crippen molar-refractivity contribution in [1.82, 2.24) is 10.2 Å². The van der Waals surface area contributed by atoms with E-state index in [2.05, 4.69) is 5.32 Å². The molecule has 1 saturated heterocycles. The Labute approximate surface area is 129 Å². The molecule has 2 heterocycles. The van der Waals surface area contributed by atoms with Crippen LogP contribution in [0.2, 0.25) is 0 Å². The number of alkyl halides is 3. The lowest BCUT2D eigenvalue weighted by Gasteiger charge is -2.25. The minimum Gasteiger partial charge on any atom is -0.459 e. The average molecular weight is 328 g/mol. The number of urea groups is 1. The van der Waals surface area contributed by atoms with E-state index < -0.39 is 30.8 Å². The first kappa shape index (κ1) is 15.7. The van der Waals surface area contributed by atoms with Crippen molar-refractivity contribution < 1.29 is 27.5 Å². The summed E-state index contributed by atoms with van der Waals surface area (Å²) in [6, 6.07) is 8.40. The summed E-state index contributed by atoms with van der Waals surface area (Å²) in [5.41, 5.74) is -2.16. The van der Waals surface area contributed by atoms with Gasteiger partial charge in [0.05, 0.1) is 13.1 Å². The maximum Gasteiger partial charge on any atom is 0.419 e. The van der Waals surface area contributed by atoms with Crippen LogP contribution in [0.25, 0.3) is 11.0 Å². The predicted molar refractivity (Wildman–Crippen MR) is 75.6 cm³/mol.